The van der Waals surface area contributed by atoms with Crippen LogP contribution in [0.3, 0.4) is 0 Å². The van der Waals surface area contributed by atoms with Gasteiger partial charge in [-0.2, -0.15) is 0 Å². The third kappa shape index (κ3) is 9.82. The number of Topliss-reactive ketones (excluding diaryl/α,β-unsaturated/α-hetero) is 2. The van der Waals surface area contributed by atoms with Crippen LogP contribution in [0.1, 0.15) is 87.8 Å². The van der Waals surface area contributed by atoms with Gasteiger partial charge in [-0.15, -0.1) is 0 Å². The predicted molar refractivity (Wildman–Crippen MR) is 197 cm³/mol. The molecule has 0 aromatic heterocycles. The van der Waals surface area contributed by atoms with Crippen molar-refractivity contribution < 1.29 is 33.4 Å². The van der Waals surface area contributed by atoms with Crippen molar-refractivity contribution in [3.63, 3.8) is 0 Å². The van der Waals surface area contributed by atoms with E-state index in [0.29, 0.717) is 38.3 Å². The number of methoxy groups -OCH3 is 1. The van der Waals surface area contributed by atoms with Gasteiger partial charge in [0.1, 0.15) is 19.3 Å². The first-order chi connectivity index (χ1) is 24.7. The molecule has 0 bridgehead atoms. The summed E-state index contributed by atoms with van der Waals surface area (Å²) in [5.74, 6) is 0.110. The summed E-state index contributed by atoms with van der Waals surface area (Å²) in [6, 6.07) is 25.5. The van der Waals surface area contributed by atoms with E-state index in [0.717, 1.165) is 47.9 Å². The number of amides is 1. The Morgan fingerprint density at radius 3 is 2.08 bits per heavy atom. The van der Waals surface area contributed by atoms with Crippen LogP contribution in [-0.2, 0) is 35.2 Å². The highest BCUT2D eigenvalue weighted by atomic mass is 16.6. The molecule has 270 valence electrons. The van der Waals surface area contributed by atoms with Crippen molar-refractivity contribution in [3.05, 3.63) is 108 Å². The number of ether oxygens (including phenoxy) is 3. The summed E-state index contributed by atoms with van der Waals surface area (Å²) in [5, 5.41) is 0. The molecule has 3 aromatic carbocycles. The second-order valence-corrected chi connectivity index (χ2v) is 13.9. The third-order valence-corrected chi connectivity index (χ3v) is 10.0. The van der Waals surface area contributed by atoms with E-state index in [2.05, 4.69) is 37.8 Å². The second-order valence-electron chi connectivity index (χ2n) is 13.9. The van der Waals surface area contributed by atoms with Gasteiger partial charge < -0.3 is 14.2 Å². The number of nitrogens with zero attached hydrogens (tertiary/aromatic N) is 1. The van der Waals surface area contributed by atoms with Crippen molar-refractivity contribution in [1.29, 1.82) is 0 Å². The molecule has 3 aliphatic rings. The summed E-state index contributed by atoms with van der Waals surface area (Å²) in [6.07, 6.45) is 4.28. The van der Waals surface area contributed by atoms with E-state index in [4.69, 9.17) is 14.2 Å². The van der Waals surface area contributed by atoms with Gasteiger partial charge in [0.15, 0.2) is 11.6 Å². The van der Waals surface area contributed by atoms with Crippen LogP contribution in [0.25, 0.3) is 11.1 Å². The molecular weight excluding hydrogens is 642 g/mol. The van der Waals surface area contributed by atoms with Crippen LogP contribution in [-0.4, -0.2) is 60.9 Å². The topological polar surface area (TPSA) is 99.2 Å². The smallest absolute Gasteiger partial charge is 0.410 e. The highest BCUT2D eigenvalue weighted by Gasteiger charge is 2.40. The molecule has 51 heavy (non-hydrogen) atoms. The first kappa shape index (κ1) is 37.7. The molecule has 8 nitrogen and oxygen atoms in total. The minimum atomic E-state index is -0.622. The molecule has 6 rings (SSSR count). The van der Waals surface area contributed by atoms with Gasteiger partial charge in [0.25, 0.3) is 0 Å². The Kier molecular flexibility index (Phi) is 13.4. The Balaban J connectivity index is 0.000000357. The van der Waals surface area contributed by atoms with E-state index in [-0.39, 0.29) is 42.4 Å². The highest BCUT2D eigenvalue weighted by molar-refractivity contribution is 5.90. The number of fused-ring (bicyclic) bond motifs is 3. The zero-order valence-electron chi connectivity index (χ0n) is 30.2. The van der Waals surface area contributed by atoms with E-state index in [1.807, 2.05) is 54.6 Å². The molecule has 3 aromatic rings. The zero-order chi connectivity index (χ0) is 36.3. The minimum absolute atomic E-state index is 0.0461. The first-order valence-corrected chi connectivity index (χ1v) is 18.3. The molecule has 2 aliphatic carbocycles. The fraction of sp³-hybridized carbons (Fsp3) is 0.442. The Hall–Kier alpha value is -4.56. The molecule has 0 radical (unpaired) electrons. The van der Waals surface area contributed by atoms with Crippen LogP contribution < -0.4 is 0 Å². The number of benzene rings is 3. The minimum Gasteiger partial charge on any atom is -0.461 e. The molecular formula is C43H51NO7. The first-order valence-electron chi connectivity index (χ1n) is 18.3. The summed E-state index contributed by atoms with van der Waals surface area (Å²) in [5.41, 5.74) is 6.49. The van der Waals surface area contributed by atoms with Crippen molar-refractivity contribution in [2.75, 3.05) is 20.3 Å². The molecule has 1 unspecified atom stereocenters. The van der Waals surface area contributed by atoms with Crippen molar-refractivity contribution in [2.24, 2.45) is 11.8 Å². The molecule has 1 heterocycles. The summed E-state index contributed by atoms with van der Waals surface area (Å²) < 4.78 is 16.5. The lowest BCUT2D eigenvalue weighted by atomic mass is 9.86. The van der Waals surface area contributed by atoms with Crippen molar-refractivity contribution in [1.82, 2.24) is 4.90 Å². The molecule has 1 aliphatic heterocycles. The monoisotopic (exact) mass is 693 g/mol. The summed E-state index contributed by atoms with van der Waals surface area (Å²) in [4.78, 5) is 52.2. The highest BCUT2D eigenvalue weighted by Crippen LogP contribution is 2.44. The number of hydrogen-bond acceptors (Lipinski definition) is 7. The normalized spacial score (nSPS) is 17.4. The average Bonchev–Trinajstić information content (AvgIpc) is 3.78. The number of esters is 1. The number of ketones is 2. The van der Waals surface area contributed by atoms with Gasteiger partial charge in [0.05, 0.1) is 6.04 Å². The van der Waals surface area contributed by atoms with Crippen LogP contribution in [0.2, 0.25) is 0 Å². The summed E-state index contributed by atoms with van der Waals surface area (Å²) in [6.45, 7) is 8.80. The maximum atomic E-state index is 13.6. The molecule has 0 N–H and O–H groups in total. The van der Waals surface area contributed by atoms with Crippen molar-refractivity contribution >= 4 is 23.6 Å². The maximum absolute atomic E-state index is 13.6. The second kappa shape index (κ2) is 18.1. The van der Waals surface area contributed by atoms with E-state index in [1.54, 1.807) is 14.0 Å². The number of carbonyl (C=O) groups is 4. The molecule has 1 saturated carbocycles. The fourth-order valence-corrected chi connectivity index (χ4v) is 7.23. The van der Waals surface area contributed by atoms with Gasteiger partial charge in [0, 0.05) is 38.8 Å². The molecule has 8 heteroatoms. The zero-order valence-corrected chi connectivity index (χ0v) is 30.2. The molecule has 2 fully saturated rings. The Bertz CT molecular complexity index is 1630. The van der Waals surface area contributed by atoms with Crippen LogP contribution in [0, 0.1) is 11.8 Å². The van der Waals surface area contributed by atoms with Gasteiger partial charge >= 0.3 is 12.1 Å². The lowest BCUT2D eigenvalue weighted by Crippen LogP contribution is -2.43. The van der Waals surface area contributed by atoms with Crippen LogP contribution >= 0.6 is 0 Å². The van der Waals surface area contributed by atoms with Crippen molar-refractivity contribution in [2.45, 2.75) is 89.9 Å². The number of hydrogen-bond donors (Lipinski definition) is 0. The lowest BCUT2D eigenvalue weighted by Gasteiger charge is -2.28. The SMILES string of the molecule is C=C1C[C@@H](C(=O)C[C@@H](CCC)C(OC)C(=O)CC2CC2)N(C(=O)OCC2c3ccccc3-c3ccccc32)C1.CCC(=O)OCc1ccccc1. The summed E-state index contributed by atoms with van der Waals surface area (Å²) in [7, 11) is 1.56. The van der Waals surface area contributed by atoms with Crippen LogP contribution in [0.5, 0.6) is 0 Å². The van der Waals surface area contributed by atoms with E-state index in [1.165, 1.54) is 16.0 Å². The Morgan fingerprint density at radius 2 is 1.49 bits per heavy atom. The number of likely N-dealkylation sites (tertiary alicyclic amines) is 1. The molecule has 1 amide bonds. The molecule has 3 atom stereocenters. The largest absolute Gasteiger partial charge is 0.461 e. The quantitative estimate of drug-likeness (QED) is 0.116. The van der Waals surface area contributed by atoms with E-state index >= 15 is 0 Å². The van der Waals surface area contributed by atoms with E-state index < -0.39 is 18.2 Å². The Labute approximate surface area is 302 Å². The van der Waals surface area contributed by atoms with Gasteiger partial charge in [-0.05, 0) is 65.3 Å². The maximum Gasteiger partial charge on any atom is 0.410 e. The fourth-order valence-electron chi connectivity index (χ4n) is 7.23. The molecule has 1 saturated heterocycles. The van der Waals surface area contributed by atoms with Gasteiger partial charge in [-0.3, -0.25) is 19.3 Å². The average molecular weight is 694 g/mol. The van der Waals surface area contributed by atoms with Crippen LogP contribution in [0.15, 0.2) is 91.0 Å². The standard InChI is InChI=1S/C33H39NO5.C10H12O2/c1-4-9-23(32(38-3)31(36)17-22-14-15-22)18-30(35)29-16-21(2)19-34(29)33(37)39-20-28-26-12-7-5-10-24(26)25-11-6-8-13-27(25)28;1-2-10(11)12-8-9-6-4-3-5-7-9/h5-8,10-13,22-23,28-29,32H,2,4,9,14-20H2,1,3H3;3-7H,2,8H2,1H3/t23-,29+,32?;/m1./s1. The molecule has 0 spiro atoms. The van der Waals surface area contributed by atoms with Gasteiger partial charge in [0.2, 0.25) is 0 Å². The lowest BCUT2D eigenvalue weighted by molar-refractivity contribution is -0.144. The van der Waals surface area contributed by atoms with Crippen LogP contribution in [0.4, 0.5) is 4.79 Å². The van der Waals surface area contributed by atoms with E-state index in [9.17, 15) is 19.2 Å². The van der Waals surface area contributed by atoms with Crippen molar-refractivity contribution in [3.8, 4) is 11.1 Å². The Morgan fingerprint density at radius 1 is 0.863 bits per heavy atom. The number of carbonyl (C=O) groups excluding carboxylic acids is 4. The third-order valence-electron chi connectivity index (χ3n) is 10.0. The predicted octanol–water partition coefficient (Wildman–Crippen LogP) is 8.47. The number of rotatable bonds is 15. The van der Waals surface area contributed by atoms with Gasteiger partial charge in [-0.25, -0.2) is 4.79 Å². The summed E-state index contributed by atoms with van der Waals surface area (Å²) >= 11 is 0. The van der Waals surface area contributed by atoms with Gasteiger partial charge in [-0.1, -0.05) is 111 Å².